The van der Waals surface area contributed by atoms with E-state index in [1.54, 1.807) is 30.3 Å². The molecule has 12 nitrogen and oxygen atoms in total. The summed E-state index contributed by atoms with van der Waals surface area (Å²) in [6.07, 6.45) is 4.12. The van der Waals surface area contributed by atoms with Gasteiger partial charge < -0.3 is 30.1 Å². The normalized spacial score (nSPS) is 15.3. The minimum Gasteiger partial charge on any atom is -0.482 e. The van der Waals surface area contributed by atoms with E-state index in [0.29, 0.717) is 60.1 Å². The Morgan fingerprint density at radius 2 is 1.84 bits per heavy atom. The summed E-state index contributed by atoms with van der Waals surface area (Å²) < 4.78 is 12.2. The molecule has 1 aliphatic rings. The minimum atomic E-state index is -0.753. The van der Waals surface area contributed by atoms with Crippen LogP contribution in [-0.2, 0) is 9.53 Å². The molecule has 0 spiro atoms. The highest BCUT2D eigenvalue weighted by molar-refractivity contribution is 6.07. The number of nitrogens with one attached hydrogen (secondary N) is 2. The number of anilines is 1. The average molecular weight is 697 g/mol. The summed E-state index contributed by atoms with van der Waals surface area (Å²) in [4.78, 5) is 52.3. The van der Waals surface area contributed by atoms with Crippen LogP contribution < -0.4 is 15.4 Å². The van der Waals surface area contributed by atoms with Crippen LogP contribution in [0, 0.1) is 32.6 Å². The molecule has 1 aliphatic heterocycles. The number of aryl methyl sites for hydroxylation is 3. The van der Waals surface area contributed by atoms with Gasteiger partial charge in [-0.3, -0.25) is 24.3 Å². The number of piperazine rings is 1. The van der Waals surface area contributed by atoms with Crippen LogP contribution in [0.5, 0.6) is 5.75 Å². The lowest BCUT2D eigenvalue weighted by atomic mass is 10.0. The monoisotopic (exact) mass is 696 g/mol. The van der Waals surface area contributed by atoms with Gasteiger partial charge in [0.15, 0.2) is 6.10 Å². The van der Waals surface area contributed by atoms with Crippen LogP contribution in [0.4, 0.5) is 5.82 Å². The molecule has 0 saturated carbocycles. The molecule has 3 aromatic rings. The first kappa shape index (κ1) is 38.7. The number of carbonyl (C=O) groups excluding carboxylic acids is 3. The maximum absolute atomic E-state index is 13.6. The minimum absolute atomic E-state index is 0.0243. The molecule has 4 rings (SSSR count). The summed E-state index contributed by atoms with van der Waals surface area (Å²) >= 11 is 0. The van der Waals surface area contributed by atoms with Crippen LogP contribution in [0.15, 0.2) is 55.4 Å². The SMILES string of the molecule is C=CC(=O)N1CCN(C[C@@H](Oc2cc(C)c(C(=O)Nc3ncc(C#CC(C)(C)OCCO)cc3C)cc2C(=O)NC)c2ccc(C)cn2)C[C@H]1C. The van der Waals surface area contributed by atoms with Crippen LogP contribution in [0.25, 0.3) is 0 Å². The van der Waals surface area contributed by atoms with Gasteiger partial charge in [0.2, 0.25) is 5.91 Å². The zero-order valence-corrected chi connectivity index (χ0v) is 30.5. The van der Waals surface area contributed by atoms with E-state index in [1.807, 2.05) is 52.8 Å². The van der Waals surface area contributed by atoms with Crippen molar-refractivity contribution in [2.45, 2.75) is 59.3 Å². The van der Waals surface area contributed by atoms with Gasteiger partial charge in [0.05, 0.1) is 24.5 Å². The van der Waals surface area contributed by atoms with Gasteiger partial charge in [0.25, 0.3) is 11.8 Å². The van der Waals surface area contributed by atoms with E-state index in [0.717, 1.165) is 5.56 Å². The summed E-state index contributed by atoms with van der Waals surface area (Å²) in [7, 11) is 1.52. The van der Waals surface area contributed by atoms with Crippen molar-refractivity contribution in [2.75, 3.05) is 51.8 Å². The van der Waals surface area contributed by atoms with E-state index in [-0.39, 0.29) is 36.3 Å². The highest BCUT2D eigenvalue weighted by Gasteiger charge is 2.30. The fourth-order valence-electron chi connectivity index (χ4n) is 5.74. The van der Waals surface area contributed by atoms with Crippen LogP contribution in [0.2, 0.25) is 0 Å². The molecule has 0 unspecified atom stereocenters. The second-order valence-corrected chi connectivity index (χ2v) is 13.1. The Bertz CT molecular complexity index is 1810. The summed E-state index contributed by atoms with van der Waals surface area (Å²) in [6.45, 7) is 17.2. The topological polar surface area (TPSA) is 146 Å². The highest BCUT2D eigenvalue weighted by atomic mass is 16.5. The predicted octanol–water partition coefficient (Wildman–Crippen LogP) is 3.99. The fourth-order valence-corrected chi connectivity index (χ4v) is 5.74. The number of rotatable bonds is 12. The maximum atomic E-state index is 13.6. The van der Waals surface area contributed by atoms with E-state index in [2.05, 4.69) is 43.9 Å². The van der Waals surface area contributed by atoms with Crippen molar-refractivity contribution in [2.24, 2.45) is 0 Å². The molecule has 2 atom stereocenters. The Labute approximate surface area is 300 Å². The van der Waals surface area contributed by atoms with E-state index in [4.69, 9.17) is 14.6 Å². The molecule has 3 N–H and O–H groups in total. The van der Waals surface area contributed by atoms with Crippen molar-refractivity contribution < 1.29 is 29.0 Å². The molecule has 0 bridgehead atoms. The number of amides is 3. The number of aliphatic hydroxyl groups excluding tert-OH is 1. The molecule has 1 saturated heterocycles. The van der Waals surface area contributed by atoms with Gasteiger partial charge in [-0.25, -0.2) is 4.98 Å². The number of aliphatic hydroxyl groups is 1. The zero-order chi connectivity index (χ0) is 37.3. The Kier molecular flexibility index (Phi) is 13.1. The zero-order valence-electron chi connectivity index (χ0n) is 30.5. The van der Waals surface area contributed by atoms with Gasteiger partial charge in [0.1, 0.15) is 17.2 Å². The Balaban J connectivity index is 1.59. The lowest BCUT2D eigenvalue weighted by Gasteiger charge is -2.40. The van der Waals surface area contributed by atoms with E-state index < -0.39 is 23.5 Å². The fraction of sp³-hybridized carbons (Fsp3) is 0.410. The van der Waals surface area contributed by atoms with Gasteiger partial charge in [0, 0.05) is 62.8 Å². The molecule has 2 aromatic heterocycles. The van der Waals surface area contributed by atoms with Crippen LogP contribution in [-0.4, -0.2) is 101 Å². The second-order valence-electron chi connectivity index (χ2n) is 13.1. The van der Waals surface area contributed by atoms with Gasteiger partial charge in [-0.2, -0.15) is 0 Å². The largest absolute Gasteiger partial charge is 0.482 e. The number of nitrogens with zero attached hydrogens (tertiary/aromatic N) is 4. The van der Waals surface area contributed by atoms with E-state index >= 15 is 0 Å². The first-order valence-corrected chi connectivity index (χ1v) is 16.9. The highest BCUT2D eigenvalue weighted by Crippen LogP contribution is 2.30. The third-order valence-corrected chi connectivity index (χ3v) is 8.54. The molecular weight excluding hydrogens is 648 g/mol. The van der Waals surface area contributed by atoms with E-state index in [9.17, 15) is 14.4 Å². The summed E-state index contributed by atoms with van der Waals surface area (Å²) in [5.74, 6) is 5.80. The van der Waals surface area contributed by atoms with Crippen LogP contribution >= 0.6 is 0 Å². The van der Waals surface area contributed by atoms with Crippen LogP contribution in [0.3, 0.4) is 0 Å². The molecule has 3 heterocycles. The maximum Gasteiger partial charge on any atom is 0.257 e. The first-order chi connectivity index (χ1) is 24.2. The number of hydrogen-bond acceptors (Lipinski definition) is 9. The molecule has 0 aliphatic carbocycles. The second kappa shape index (κ2) is 17.2. The molecule has 1 fully saturated rings. The van der Waals surface area contributed by atoms with Gasteiger partial charge in [-0.1, -0.05) is 24.5 Å². The van der Waals surface area contributed by atoms with Crippen molar-refractivity contribution in [3.8, 4) is 17.6 Å². The summed E-state index contributed by atoms with van der Waals surface area (Å²) in [6, 6.07) is 8.89. The Hall–Kier alpha value is -5.09. The average Bonchev–Trinajstić information content (AvgIpc) is 3.10. The van der Waals surface area contributed by atoms with Crippen molar-refractivity contribution in [1.29, 1.82) is 0 Å². The smallest absolute Gasteiger partial charge is 0.257 e. The molecule has 51 heavy (non-hydrogen) atoms. The van der Waals surface area contributed by atoms with Crippen LogP contribution in [0.1, 0.15) is 75.5 Å². The van der Waals surface area contributed by atoms with Crippen molar-refractivity contribution in [3.63, 3.8) is 0 Å². The first-order valence-electron chi connectivity index (χ1n) is 16.9. The molecule has 270 valence electrons. The number of hydrogen-bond donors (Lipinski definition) is 3. The lowest BCUT2D eigenvalue weighted by molar-refractivity contribution is -0.130. The van der Waals surface area contributed by atoms with Crippen molar-refractivity contribution in [3.05, 3.63) is 94.5 Å². The molecule has 3 amide bonds. The van der Waals surface area contributed by atoms with Crippen molar-refractivity contribution >= 4 is 23.5 Å². The predicted molar refractivity (Wildman–Crippen MR) is 196 cm³/mol. The van der Waals surface area contributed by atoms with Gasteiger partial charge >= 0.3 is 0 Å². The van der Waals surface area contributed by atoms with E-state index in [1.165, 1.54) is 19.2 Å². The number of carbonyl (C=O) groups is 3. The molecule has 1 aromatic carbocycles. The third kappa shape index (κ3) is 10.2. The molecule has 0 radical (unpaired) electrons. The Morgan fingerprint density at radius 3 is 2.47 bits per heavy atom. The van der Waals surface area contributed by atoms with Gasteiger partial charge in [-0.15, -0.1) is 0 Å². The summed E-state index contributed by atoms with van der Waals surface area (Å²) in [5, 5.41) is 14.6. The molecular formula is C39H48N6O6. The summed E-state index contributed by atoms with van der Waals surface area (Å²) in [5.41, 5.74) is 3.36. The number of benzene rings is 1. The van der Waals surface area contributed by atoms with Gasteiger partial charge in [-0.05, 0) is 88.6 Å². The number of aromatic nitrogens is 2. The standard InChI is InChI=1S/C39H48N6O6/c1-9-35(47)45-15-14-44(23-28(45)5)24-34(32-11-10-25(2)21-41-32)51-33-19-26(3)30(20-31(33)37(48)40-8)38(49)43-36-27(4)18-29(22-42-36)12-13-39(6,7)50-17-16-46/h9-11,18-22,28,34,46H,1,14-17,23-24H2,2-8H3,(H,40,48)(H,42,43,49)/t28-,34-/m1/s1. The number of pyridine rings is 2. The Morgan fingerprint density at radius 1 is 1.08 bits per heavy atom. The quantitative estimate of drug-likeness (QED) is 0.189. The third-order valence-electron chi connectivity index (χ3n) is 8.54. The lowest BCUT2D eigenvalue weighted by Crippen LogP contribution is -2.54. The van der Waals surface area contributed by atoms with Crippen molar-refractivity contribution in [1.82, 2.24) is 25.1 Å². The number of ether oxygens (including phenoxy) is 2. The molecule has 12 heteroatoms.